The van der Waals surface area contributed by atoms with E-state index in [0.29, 0.717) is 5.41 Å². The van der Waals surface area contributed by atoms with Crippen LogP contribution in [0.1, 0.15) is 44.6 Å². The number of hydrogen-bond acceptors (Lipinski definition) is 2. The lowest BCUT2D eigenvalue weighted by molar-refractivity contribution is 0.239. The van der Waals surface area contributed by atoms with Crippen LogP contribution in [0.4, 0.5) is 0 Å². The van der Waals surface area contributed by atoms with Gasteiger partial charge >= 0.3 is 0 Å². The average molecular weight is 275 g/mol. The smallest absolute Gasteiger partial charge is 0.179 e. The molecule has 2 aromatic heterocycles. The van der Waals surface area contributed by atoms with Crippen LogP contribution in [-0.4, -0.2) is 14.5 Å². The lowest BCUT2D eigenvalue weighted by Gasteiger charge is -2.27. The zero-order chi connectivity index (χ0) is 13.5. The maximum atomic E-state index is 5.51. The van der Waals surface area contributed by atoms with Crippen molar-refractivity contribution < 1.29 is 0 Å². The van der Waals surface area contributed by atoms with Crippen LogP contribution >= 0.6 is 12.2 Å². The van der Waals surface area contributed by atoms with Crippen LogP contribution in [-0.2, 0) is 6.54 Å². The molecule has 1 fully saturated rings. The number of nitrogens with one attached hydrogen (secondary N) is 1. The highest BCUT2D eigenvalue weighted by Gasteiger charge is 2.33. The normalized spacial score (nSPS) is 18.2. The van der Waals surface area contributed by atoms with E-state index < -0.39 is 0 Å². The first kappa shape index (κ1) is 12.9. The van der Waals surface area contributed by atoms with Gasteiger partial charge in [-0.15, -0.1) is 0 Å². The molecule has 0 unspecified atom stereocenters. The topological polar surface area (TPSA) is 33.6 Å². The molecule has 0 saturated heterocycles. The predicted molar refractivity (Wildman–Crippen MR) is 80.8 cm³/mol. The number of nitrogens with zero attached hydrogens (tertiary/aromatic N) is 2. The summed E-state index contributed by atoms with van der Waals surface area (Å²) >= 11 is 5.51. The molecule has 1 aliphatic carbocycles. The Morgan fingerprint density at radius 2 is 2.16 bits per heavy atom. The Labute approximate surface area is 119 Å². The molecule has 4 heteroatoms. The van der Waals surface area contributed by atoms with Gasteiger partial charge in [-0.2, -0.15) is 0 Å². The highest BCUT2D eigenvalue weighted by molar-refractivity contribution is 7.71. The van der Waals surface area contributed by atoms with Gasteiger partial charge in [0.25, 0.3) is 0 Å². The summed E-state index contributed by atoms with van der Waals surface area (Å²) in [5, 5.41) is 0. The van der Waals surface area contributed by atoms with E-state index in [1.54, 1.807) is 0 Å². The number of fused-ring (bicyclic) bond motifs is 1. The highest BCUT2D eigenvalue weighted by Crippen LogP contribution is 2.42. The molecular weight excluding hydrogens is 254 g/mol. The first-order valence-electron chi connectivity index (χ1n) is 7.19. The second-order valence-electron chi connectivity index (χ2n) is 5.90. The Morgan fingerprint density at radius 1 is 1.42 bits per heavy atom. The fourth-order valence-electron chi connectivity index (χ4n) is 3.40. The van der Waals surface area contributed by atoms with Crippen LogP contribution in [0.25, 0.3) is 11.2 Å². The third-order valence-electron chi connectivity index (χ3n) is 4.78. The van der Waals surface area contributed by atoms with Crippen LogP contribution in [0.3, 0.4) is 0 Å². The number of rotatable bonds is 3. The van der Waals surface area contributed by atoms with Crippen molar-refractivity contribution in [3.63, 3.8) is 0 Å². The van der Waals surface area contributed by atoms with Crippen LogP contribution in [0.15, 0.2) is 12.3 Å². The van der Waals surface area contributed by atoms with Crippen molar-refractivity contribution >= 4 is 23.4 Å². The van der Waals surface area contributed by atoms with Crippen LogP contribution in [0, 0.1) is 17.1 Å². The Balaban J connectivity index is 2.08. The van der Waals surface area contributed by atoms with Gasteiger partial charge in [-0.05, 0) is 55.4 Å². The number of imidazole rings is 1. The van der Waals surface area contributed by atoms with Crippen molar-refractivity contribution in [3.8, 4) is 0 Å². The SMILES string of the molecule is CCC1(Cn2c(=S)[nH]c3c(C)ccnc32)CCCC1. The molecule has 2 aromatic rings. The summed E-state index contributed by atoms with van der Waals surface area (Å²) in [6, 6.07) is 2.03. The summed E-state index contributed by atoms with van der Waals surface area (Å²) in [7, 11) is 0. The largest absolute Gasteiger partial charge is 0.329 e. The lowest BCUT2D eigenvalue weighted by atomic mass is 9.83. The summed E-state index contributed by atoms with van der Waals surface area (Å²) in [5.41, 5.74) is 3.76. The van der Waals surface area contributed by atoms with Crippen LogP contribution < -0.4 is 0 Å². The molecule has 0 bridgehead atoms. The third kappa shape index (κ3) is 2.12. The highest BCUT2D eigenvalue weighted by atomic mass is 32.1. The molecule has 1 N–H and O–H groups in total. The van der Waals surface area contributed by atoms with E-state index >= 15 is 0 Å². The zero-order valence-corrected chi connectivity index (χ0v) is 12.5. The van der Waals surface area contributed by atoms with Gasteiger partial charge in [0.2, 0.25) is 0 Å². The van der Waals surface area contributed by atoms with Crippen molar-refractivity contribution in [2.24, 2.45) is 5.41 Å². The second-order valence-corrected chi connectivity index (χ2v) is 6.29. The quantitative estimate of drug-likeness (QED) is 0.844. The molecule has 3 nitrogen and oxygen atoms in total. The number of aryl methyl sites for hydroxylation is 1. The number of aromatic nitrogens is 3. The van der Waals surface area contributed by atoms with Crippen molar-refractivity contribution in [1.29, 1.82) is 0 Å². The summed E-state index contributed by atoms with van der Waals surface area (Å²) in [4.78, 5) is 7.86. The maximum absolute atomic E-state index is 5.51. The van der Waals surface area contributed by atoms with Gasteiger partial charge in [0.15, 0.2) is 10.4 Å². The van der Waals surface area contributed by atoms with Gasteiger partial charge in [-0.1, -0.05) is 19.8 Å². The third-order valence-corrected chi connectivity index (χ3v) is 5.10. The van der Waals surface area contributed by atoms with E-state index in [1.165, 1.54) is 37.7 Å². The van der Waals surface area contributed by atoms with E-state index in [9.17, 15) is 0 Å². The fraction of sp³-hybridized carbons (Fsp3) is 0.600. The number of H-pyrrole nitrogens is 1. The zero-order valence-electron chi connectivity index (χ0n) is 11.7. The molecule has 1 aliphatic rings. The minimum Gasteiger partial charge on any atom is -0.329 e. The van der Waals surface area contributed by atoms with Crippen molar-refractivity contribution in [3.05, 3.63) is 22.6 Å². The Kier molecular flexibility index (Phi) is 3.21. The van der Waals surface area contributed by atoms with Gasteiger partial charge < -0.3 is 9.55 Å². The van der Waals surface area contributed by atoms with Crippen LogP contribution in [0.2, 0.25) is 0 Å². The standard InChI is InChI=1S/C15H21N3S/c1-3-15(7-4-5-8-15)10-18-13-12(17-14(18)19)11(2)6-9-16-13/h6,9H,3-5,7-8,10H2,1-2H3,(H,17,19). The van der Waals surface area contributed by atoms with Crippen molar-refractivity contribution in [2.45, 2.75) is 52.5 Å². The predicted octanol–water partition coefficient (Wildman–Crippen LogP) is 4.37. The van der Waals surface area contributed by atoms with E-state index in [1.807, 2.05) is 12.3 Å². The molecule has 0 spiro atoms. The molecule has 19 heavy (non-hydrogen) atoms. The number of aromatic amines is 1. The van der Waals surface area contributed by atoms with Gasteiger partial charge in [0.1, 0.15) is 0 Å². The molecule has 1 saturated carbocycles. The van der Waals surface area contributed by atoms with Crippen LogP contribution in [0.5, 0.6) is 0 Å². The first-order chi connectivity index (χ1) is 9.15. The molecule has 0 aliphatic heterocycles. The second kappa shape index (κ2) is 4.75. The Hall–Kier alpha value is -1.16. The van der Waals surface area contributed by atoms with E-state index in [2.05, 4.69) is 28.4 Å². The van der Waals surface area contributed by atoms with Gasteiger partial charge in [0.05, 0.1) is 5.52 Å². The van der Waals surface area contributed by atoms with E-state index in [0.717, 1.165) is 22.5 Å². The summed E-state index contributed by atoms with van der Waals surface area (Å²) in [5.74, 6) is 0. The van der Waals surface area contributed by atoms with E-state index in [4.69, 9.17) is 12.2 Å². The van der Waals surface area contributed by atoms with Gasteiger partial charge in [-0.25, -0.2) is 4.98 Å². The van der Waals surface area contributed by atoms with Crippen molar-refractivity contribution in [2.75, 3.05) is 0 Å². The molecule has 102 valence electrons. The first-order valence-corrected chi connectivity index (χ1v) is 7.60. The molecule has 0 amide bonds. The number of pyridine rings is 1. The maximum Gasteiger partial charge on any atom is 0.179 e. The molecular formula is C15H21N3S. The molecule has 2 heterocycles. The fourth-order valence-corrected chi connectivity index (χ4v) is 3.66. The van der Waals surface area contributed by atoms with Gasteiger partial charge in [0, 0.05) is 12.7 Å². The monoisotopic (exact) mass is 275 g/mol. The minimum absolute atomic E-state index is 0.429. The summed E-state index contributed by atoms with van der Waals surface area (Å²) < 4.78 is 3.03. The summed E-state index contributed by atoms with van der Waals surface area (Å²) in [6.45, 7) is 5.42. The molecule has 3 rings (SSSR count). The minimum atomic E-state index is 0.429. The Morgan fingerprint density at radius 3 is 2.84 bits per heavy atom. The molecule has 0 aromatic carbocycles. The summed E-state index contributed by atoms with van der Waals surface area (Å²) in [6.07, 6.45) is 8.47. The number of hydrogen-bond donors (Lipinski definition) is 1. The molecule has 0 atom stereocenters. The average Bonchev–Trinajstić information content (AvgIpc) is 2.99. The van der Waals surface area contributed by atoms with Gasteiger partial charge in [-0.3, -0.25) is 0 Å². The Bertz CT molecular complexity index is 647. The van der Waals surface area contributed by atoms with E-state index in [-0.39, 0.29) is 0 Å². The lowest BCUT2D eigenvalue weighted by Crippen LogP contribution is -2.23. The molecule has 0 radical (unpaired) electrons. The van der Waals surface area contributed by atoms with Crippen molar-refractivity contribution in [1.82, 2.24) is 14.5 Å².